The van der Waals surface area contributed by atoms with Gasteiger partial charge in [0.05, 0.1) is 22.6 Å². The van der Waals surface area contributed by atoms with Gasteiger partial charge in [-0.2, -0.15) is 18.3 Å². The number of anilines is 1. The molecule has 0 radical (unpaired) electrons. The van der Waals surface area contributed by atoms with Crippen LogP contribution in [-0.4, -0.2) is 37.0 Å². The summed E-state index contributed by atoms with van der Waals surface area (Å²) in [6.07, 6.45) is -6.38. The van der Waals surface area contributed by atoms with Crippen LogP contribution in [0.4, 0.5) is 18.9 Å². The summed E-state index contributed by atoms with van der Waals surface area (Å²) < 4.78 is 46.8. The van der Waals surface area contributed by atoms with Gasteiger partial charge in [0, 0.05) is 22.7 Å². The highest BCUT2D eigenvalue weighted by atomic mass is 19.4. The zero-order valence-corrected chi connectivity index (χ0v) is 20.1. The smallest absolute Gasteiger partial charge is 0.435 e. The highest BCUT2D eigenvalue weighted by Gasteiger charge is 2.36. The predicted molar refractivity (Wildman–Crippen MR) is 133 cm³/mol. The third kappa shape index (κ3) is 5.09. The maximum atomic E-state index is 13.6. The lowest BCUT2D eigenvalue weighted by Gasteiger charge is -2.15. The number of aromatic nitrogens is 3. The minimum Gasteiger partial charge on any atom is -0.478 e. The van der Waals surface area contributed by atoms with Crippen LogP contribution in [0.3, 0.4) is 0 Å². The molecule has 3 N–H and O–H groups in total. The Balaban J connectivity index is 1.48. The standard InChI is InChI=1S/C27H19F3N4O5/c1-14-20-10-9-18(12-22(20)39-33-14)31-25(36)17-3-2-4-19(11-17)34-21(13-23(32-34)27(28,29)30)24(35)15-5-7-16(8-6-15)26(37)38/h2-13,24,35H,1H3,(H,31,36)(H,37,38). The molecule has 1 amide bonds. The molecule has 198 valence electrons. The lowest BCUT2D eigenvalue weighted by atomic mass is 10.0. The molecule has 3 aromatic carbocycles. The van der Waals surface area contributed by atoms with E-state index in [1.807, 2.05) is 0 Å². The number of carbonyl (C=O) groups is 2. The van der Waals surface area contributed by atoms with Crippen LogP contribution in [0.1, 0.15) is 49.5 Å². The van der Waals surface area contributed by atoms with Crippen LogP contribution >= 0.6 is 0 Å². The highest BCUT2D eigenvalue weighted by Crippen LogP contribution is 2.33. The molecule has 0 fully saturated rings. The average Bonchev–Trinajstić information content (AvgIpc) is 3.53. The van der Waals surface area contributed by atoms with Gasteiger partial charge < -0.3 is 20.1 Å². The lowest BCUT2D eigenvalue weighted by Crippen LogP contribution is -2.14. The van der Waals surface area contributed by atoms with Crippen molar-refractivity contribution in [2.45, 2.75) is 19.2 Å². The van der Waals surface area contributed by atoms with Gasteiger partial charge in [0.15, 0.2) is 11.3 Å². The van der Waals surface area contributed by atoms with Gasteiger partial charge in [0.25, 0.3) is 5.91 Å². The number of hydrogen-bond donors (Lipinski definition) is 3. The number of nitrogens with one attached hydrogen (secondary N) is 1. The largest absolute Gasteiger partial charge is 0.478 e. The van der Waals surface area contributed by atoms with E-state index in [2.05, 4.69) is 15.6 Å². The Morgan fingerprint density at radius 2 is 1.74 bits per heavy atom. The van der Waals surface area contributed by atoms with Gasteiger partial charge in [-0.1, -0.05) is 23.4 Å². The predicted octanol–water partition coefficient (Wildman–Crippen LogP) is 5.37. The van der Waals surface area contributed by atoms with E-state index in [4.69, 9.17) is 9.63 Å². The monoisotopic (exact) mass is 536 g/mol. The summed E-state index contributed by atoms with van der Waals surface area (Å²) >= 11 is 0. The fraction of sp³-hybridized carbons (Fsp3) is 0.111. The number of aromatic carboxylic acids is 1. The quantitative estimate of drug-likeness (QED) is 0.266. The maximum absolute atomic E-state index is 13.6. The van der Waals surface area contributed by atoms with E-state index in [0.717, 1.165) is 10.1 Å². The number of rotatable bonds is 6. The van der Waals surface area contributed by atoms with Crippen molar-refractivity contribution in [3.8, 4) is 5.69 Å². The molecule has 0 saturated heterocycles. The summed E-state index contributed by atoms with van der Waals surface area (Å²) in [5, 5.41) is 31.0. The minimum atomic E-state index is -4.81. The van der Waals surface area contributed by atoms with Crippen molar-refractivity contribution in [2.24, 2.45) is 0 Å². The molecule has 1 unspecified atom stereocenters. The number of carboxylic acid groups (broad SMARTS) is 1. The third-order valence-corrected chi connectivity index (χ3v) is 6.04. The van der Waals surface area contributed by atoms with Crippen molar-refractivity contribution in [2.75, 3.05) is 5.32 Å². The molecule has 2 heterocycles. The van der Waals surface area contributed by atoms with Gasteiger partial charge in [-0.3, -0.25) is 4.79 Å². The van der Waals surface area contributed by atoms with Crippen molar-refractivity contribution in [3.63, 3.8) is 0 Å². The molecule has 1 atom stereocenters. The number of carboxylic acids is 1. The van der Waals surface area contributed by atoms with E-state index in [1.165, 1.54) is 48.5 Å². The number of amides is 1. The summed E-state index contributed by atoms with van der Waals surface area (Å²) in [5.74, 6) is -1.73. The van der Waals surface area contributed by atoms with E-state index in [-0.39, 0.29) is 28.1 Å². The summed E-state index contributed by atoms with van der Waals surface area (Å²) in [6.45, 7) is 1.78. The molecule has 9 nitrogen and oxygen atoms in total. The number of halogens is 3. The van der Waals surface area contributed by atoms with Crippen LogP contribution in [0.25, 0.3) is 16.7 Å². The van der Waals surface area contributed by atoms with Crippen LogP contribution < -0.4 is 5.32 Å². The van der Waals surface area contributed by atoms with E-state index in [0.29, 0.717) is 23.0 Å². The molecule has 0 aliphatic carbocycles. The Morgan fingerprint density at radius 3 is 2.44 bits per heavy atom. The van der Waals surface area contributed by atoms with E-state index < -0.39 is 29.9 Å². The Morgan fingerprint density at radius 1 is 1.00 bits per heavy atom. The molecule has 0 aliphatic heterocycles. The van der Waals surface area contributed by atoms with Crippen LogP contribution in [0.5, 0.6) is 0 Å². The summed E-state index contributed by atoms with van der Waals surface area (Å²) in [4.78, 5) is 24.1. The zero-order chi connectivity index (χ0) is 27.9. The fourth-order valence-corrected chi connectivity index (χ4v) is 4.04. The minimum absolute atomic E-state index is 0.0493. The number of aryl methyl sites for hydroxylation is 1. The maximum Gasteiger partial charge on any atom is 0.435 e. The Kier molecular flexibility index (Phi) is 6.40. The van der Waals surface area contributed by atoms with Gasteiger partial charge in [-0.15, -0.1) is 0 Å². The second kappa shape index (κ2) is 9.72. The number of aliphatic hydroxyl groups is 1. The third-order valence-electron chi connectivity index (χ3n) is 6.04. The van der Waals surface area contributed by atoms with E-state index in [9.17, 15) is 27.9 Å². The molecule has 0 saturated carbocycles. The second-order valence-electron chi connectivity index (χ2n) is 8.68. The molecule has 0 spiro atoms. The second-order valence-corrected chi connectivity index (χ2v) is 8.68. The number of nitrogens with zero attached hydrogens (tertiary/aromatic N) is 3. The highest BCUT2D eigenvalue weighted by molar-refractivity contribution is 6.05. The topological polar surface area (TPSA) is 130 Å². The SMILES string of the molecule is Cc1noc2cc(NC(=O)c3cccc(-n4nc(C(F)(F)F)cc4C(O)c4ccc(C(=O)O)cc4)c3)ccc12. The molecule has 12 heteroatoms. The van der Waals surface area contributed by atoms with E-state index >= 15 is 0 Å². The zero-order valence-electron chi connectivity index (χ0n) is 20.1. The first-order valence-corrected chi connectivity index (χ1v) is 11.5. The molecular formula is C27H19F3N4O5. The molecule has 39 heavy (non-hydrogen) atoms. The first kappa shape index (κ1) is 25.7. The van der Waals surface area contributed by atoms with Crippen LogP contribution in [0, 0.1) is 6.92 Å². The van der Waals surface area contributed by atoms with E-state index in [1.54, 1.807) is 25.1 Å². The number of aliphatic hydroxyl groups excluding tert-OH is 1. The number of fused-ring (bicyclic) bond motifs is 1. The number of alkyl halides is 3. The van der Waals surface area contributed by atoms with Crippen LogP contribution in [-0.2, 0) is 6.18 Å². The van der Waals surface area contributed by atoms with Gasteiger partial charge in [-0.25, -0.2) is 9.48 Å². The number of carbonyl (C=O) groups excluding carboxylic acids is 1. The van der Waals surface area contributed by atoms with Gasteiger partial charge in [-0.05, 0) is 61.0 Å². The van der Waals surface area contributed by atoms with Crippen LogP contribution in [0.2, 0.25) is 0 Å². The lowest BCUT2D eigenvalue weighted by molar-refractivity contribution is -0.141. The molecule has 0 aliphatic rings. The van der Waals surface area contributed by atoms with Gasteiger partial charge >= 0.3 is 12.1 Å². The van der Waals surface area contributed by atoms with Crippen molar-refractivity contribution in [1.29, 1.82) is 0 Å². The first-order valence-electron chi connectivity index (χ1n) is 11.5. The van der Waals surface area contributed by atoms with Gasteiger partial charge in [0.1, 0.15) is 6.10 Å². The Hall–Kier alpha value is -4.97. The molecular weight excluding hydrogens is 517 g/mol. The summed E-state index contributed by atoms with van der Waals surface area (Å²) in [7, 11) is 0. The first-order chi connectivity index (χ1) is 18.5. The molecule has 0 bridgehead atoms. The van der Waals surface area contributed by atoms with Crippen molar-refractivity contribution >= 4 is 28.5 Å². The van der Waals surface area contributed by atoms with Gasteiger partial charge in [0.2, 0.25) is 0 Å². The number of benzene rings is 3. The van der Waals surface area contributed by atoms with Crippen LogP contribution in [0.15, 0.2) is 77.3 Å². The van der Waals surface area contributed by atoms with Crippen molar-refractivity contribution in [3.05, 3.63) is 107 Å². The molecule has 5 aromatic rings. The fourth-order valence-electron chi connectivity index (χ4n) is 4.04. The Bertz CT molecular complexity index is 1710. The van der Waals surface area contributed by atoms with Crippen molar-refractivity contribution < 1.29 is 37.5 Å². The summed E-state index contributed by atoms with van der Waals surface area (Å²) in [6, 6.07) is 16.5. The molecule has 5 rings (SSSR count). The summed E-state index contributed by atoms with van der Waals surface area (Å²) in [5.41, 5.74) is 0.446. The Labute approximate surface area is 218 Å². The molecule has 2 aromatic heterocycles. The normalized spacial score (nSPS) is 12.4. The van der Waals surface area contributed by atoms with Crippen molar-refractivity contribution in [1.82, 2.24) is 14.9 Å². The average molecular weight is 536 g/mol. The number of hydrogen-bond acceptors (Lipinski definition) is 6.